The molecule has 1 atom stereocenters. The quantitative estimate of drug-likeness (QED) is 0.617. The fraction of sp³-hybridized carbons (Fsp3) is 0.571. The molecule has 0 unspecified atom stereocenters. The number of carbonyl (C=O) groups is 2. The van der Waals surface area contributed by atoms with Gasteiger partial charge >= 0.3 is 5.97 Å². The Hall–Kier alpha value is -1.63. The summed E-state index contributed by atoms with van der Waals surface area (Å²) in [5, 5.41) is 12.3. The minimum absolute atomic E-state index is 0.168. The molecule has 0 saturated heterocycles. The standard InChI is InChI=1S/C14H21N3O3S/c1-7(2)6-10(14(19)20)17-12(18)11-8(3)15-9(4)16-13(11)21-5/h7,10H,6H2,1-5H3,(H,17,18)(H,19,20)/t10-/m0/s1. The van der Waals surface area contributed by atoms with Gasteiger partial charge in [-0.1, -0.05) is 13.8 Å². The second-order valence-corrected chi connectivity index (χ2v) is 6.03. The molecule has 1 heterocycles. The summed E-state index contributed by atoms with van der Waals surface area (Å²) in [4.78, 5) is 32.0. The number of thioether (sulfide) groups is 1. The van der Waals surface area contributed by atoms with Crippen molar-refractivity contribution >= 4 is 23.6 Å². The van der Waals surface area contributed by atoms with Gasteiger partial charge in [-0.25, -0.2) is 14.8 Å². The third-order valence-corrected chi connectivity index (χ3v) is 3.58. The van der Waals surface area contributed by atoms with Crippen LogP contribution in [-0.4, -0.2) is 39.2 Å². The van der Waals surface area contributed by atoms with E-state index in [4.69, 9.17) is 0 Å². The van der Waals surface area contributed by atoms with Gasteiger partial charge in [0, 0.05) is 0 Å². The zero-order valence-electron chi connectivity index (χ0n) is 12.9. The molecule has 0 aromatic carbocycles. The molecule has 7 heteroatoms. The van der Waals surface area contributed by atoms with Crippen molar-refractivity contribution < 1.29 is 14.7 Å². The molecule has 0 fully saturated rings. The van der Waals surface area contributed by atoms with Crippen LogP contribution in [0.4, 0.5) is 0 Å². The molecule has 0 aliphatic heterocycles. The molecule has 2 N–H and O–H groups in total. The van der Waals surface area contributed by atoms with Crippen LogP contribution >= 0.6 is 11.8 Å². The molecular weight excluding hydrogens is 290 g/mol. The predicted molar refractivity (Wildman–Crippen MR) is 81.6 cm³/mol. The number of nitrogens with zero attached hydrogens (tertiary/aromatic N) is 2. The van der Waals surface area contributed by atoms with Gasteiger partial charge in [0.05, 0.1) is 11.3 Å². The number of amides is 1. The zero-order chi connectivity index (χ0) is 16.2. The fourth-order valence-corrected chi connectivity index (χ4v) is 2.68. The molecule has 0 aliphatic rings. The Kier molecular flexibility index (Phi) is 6.14. The molecule has 1 aromatic heterocycles. The van der Waals surface area contributed by atoms with Gasteiger partial charge in [-0.15, -0.1) is 11.8 Å². The topological polar surface area (TPSA) is 92.2 Å². The molecular formula is C14H21N3O3S. The average Bonchev–Trinajstić information content (AvgIpc) is 2.35. The minimum atomic E-state index is -1.03. The highest BCUT2D eigenvalue weighted by atomic mass is 32.2. The highest BCUT2D eigenvalue weighted by Crippen LogP contribution is 2.20. The lowest BCUT2D eigenvalue weighted by Gasteiger charge is -2.18. The van der Waals surface area contributed by atoms with E-state index in [0.29, 0.717) is 28.5 Å². The van der Waals surface area contributed by atoms with Gasteiger partial charge in [-0.05, 0) is 32.4 Å². The van der Waals surface area contributed by atoms with Crippen molar-refractivity contribution in [1.82, 2.24) is 15.3 Å². The minimum Gasteiger partial charge on any atom is -0.480 e. The Morgan fingerprint density at radius 3 is 2.38 bits per heavy atom. The second kappa shape index (κ2) is 7.40. The first-order valence-corrected chi connectivity index (χ1v) is 7.91. The first-order chi connectivity index (χ1) is 9.76. The molecule has 0 aliphatic carbocycles. The van der Waals surface area contributed by atoms with Crippen molar-refractivity contribution in [3.63, 3.8) is 0 Å². The van der Waals surface area contributed by atoms with Crippen molar-refractivity contribution in [3.8, 4) is 0 Å². The molecule has 1 aromatic rings. The van der Waals surface area contributed by atoms with E-state index >= 15 is 0 Å². The third kappa shape index (κ3) is 4.70. The normalized spacial score (nSPS) is 12.3. The molecule has 0 radical (unpaired) electrons. The van der Waals surface area contributed by atoms with Crippen LogP contribution in [0, 0.1) is 19.8 Å². The van der Waals surface area contributed by atoms with E-state index in [9.17, 15) is 14.7 Å². The van der Waals surface area contributed by atoms with E-state index < -0.39 is 17.9 Å². The van der Waals surface area contributed by atoms with Crippen LogP contribution in [0.1, 0.15) is 42.1 Å². The number of hydrogen-bond donors (Lipinski definition) is 2. The zero-order valence-corrected chi connectivity index (χ0v) is 13.7. The number of carboxylic acid groups (broad SMARTS) is 1. The number of carbonyl (C=O) groups excluding carboxylic acids is 1. The Bertz CT molecular complexity index is 547. The second-order valence-electron chi connectivity index (χ2n) is 5.23. The van der Waals surface area contributed by atoms with E-state index in [2.05, 4.69) is 15.3 Å². The molecule has 1 amide bonds. The molecule has 116 valence electrons. The van der Waals surface area contributed by atoms with Crippen LogP contribution in [0.25, 0.3) is 0 Å². The summed E-state index contributed by atoms with van der Waals surface area (Å²) in [5.41, 5.74) is 0.904. The molecule has 0 bridgehead atoms. The van der Waals surface area contributed by atoms with Gasteiger partial charge in [-0.3, -0.25) is 4.79 Å². The van der Waals surface area contributed by atoms with E-state index in [-0.39, 0.29) is 5.92 Å². The summed E-state index contributed by atoms with van der Waals surface area (Å²) in [6.07, 6.45) is 2.20. The number of aryl methyl sites for hydroxylation is 2. The predicted octanol–water partition coefficient (Wildman–Crippen LogP) is 2.04. The largest absolute Gasteiger partial charge is 0.480 e. The van der Waals surface area contributed by atoms with Crippen LogP contribution in [0.5, 0.6) is 0 Å². The lowest BCUT2D eigenvalue weighted by atomic mass is 10.0. The summed E-state index contributed by atoms with van der Waals surface area (Å²) < 4.78 is 0. The summed E-state index contributed by atoms with van der Waals surface area (Å²) in [7, 11) is 0. The number of nitrogens with one attached hydrogen (secondary N) is 1. The third-order valence-electron chi connectivity index (χ3n) is 2.90. The van der Waals surface area contributed by atoms with Crippen molar-refractivity contribution in [2.75, 3.05) is 6.26 Å². The van der Waals surface area contributed by atoms with Crippen molar-refractivity contribution in [2.24, 2.45) is 5.92 Å². The van der Waals surface area contributed by atoms with Crippen LogP contribution in [0.3, 0.4) is 0 Å². The van der Waals surface area contributed by atoms with Crippen molar-refractivity contribution in [1.29, 1.82) is 0 Å². The average molecular weight is 311 g/mol. The van der Waals surface area contributed by atoms with Gasteiger partial charge in [0.25, 0.3) is 5.91 Å². The fourth-order valence-electron chi connectivity index (χ4n) is 2.01. The Morgan fingerprint density at radius 2 is 1.90 bits per heavy atom. The molecule has 0 spiro atoms. The van der Waals surface area contributed by atoms with E-state index in [1.165, 1.54) is 11.8 Å². The van der Waals surface area contributed by atoms with Crippen LogP contribution in [-0.2, 0) is 4.79 Å². The number of aromatic nitrogens is 2. The Morgan fingerprint density at radius 1 is 1.29 bits per heavy atom. The molecule has 0 saturated carbocycles. The highest BCUT2D eigenvalue weighted by Gasteiger charge is 2.25. The first-order valence-electron chi connectivity index (χ1n) is 6.69. The van der Waals surface area contributed by atoms with E-state index in [1.54, 1.807) is 13.8 Å². The number of hydrogen-bond acceptors (Lipinski definition) is 5. The first kappa shape index (κ1) is 17.4. The molecule has 6 nitrogen and oxygen atoms in total. The van der Waals surface area contributed by atoms with Crippen LogP contribution < -0.4 is 5.32 Å². The molecule has 1 rings (SSSR count). The summed E-state index contributed by atoms with van der Waals surface area (Å²) in [6.45, 7) is 7.31. The lowest BCUT2D eigenvalue weighted by molar-refractivity contribution is -0.139. The van der Waals surface area contributed by atoms with Gasteiger partial charge < -0.3 is 10.4 Å². The van der Waals surface area contributed by atoms with E-state index in [1.807, 2.05) is 20.1 Å². The molecule has 21 heavy (non-hydrogen) atoms. The van der Waals surface area contributed by atoms with Crippen molar-refractivity contribution in [3.05, 3.63) is 17.1 Å². The maximum Gasteiger partial charge on any atom is 0.326 e. The number of rotatable bonds is 6. The van der Waals surface area contributed by atoms with Gasteiger partial charge in [0.1, 0.15) is 16.9 Å². The maximum absolute atomic E-state index is 12.4. The number of aliphatic carboxylic acids is 1. The Balaban J connectivity index is 3.05. The highest BCUT2D eigenvalue weighted by molar-refractivity contribution is 7.98. The van der Waals surface area contributed by atoms with Crippen LogP contribution in [0.2, 0.25) is 0 Å². The van der Waals surface area contributed by atoms with E-state index in [0.717, 1.165) is 0 Å². The van der Waals surface area contributed by atoms with Crippen LogP contribution in [0.15, 0.2) is 5.03 Å². The SMILES string of the molecule is CSc1nc(C)nc(C)c1C(=O)N[C@@H](CC(C)C)C(=O)O. The Labute approximate surface area is 128 Å². The number of carboxylic acids is 1. The maximum atomic E-state index is 12.4. The summed E-state index contributed by atoms with van der Waals surface area (Å²) in [6, 6.07) is -0.909. The van der Waals surface area contributed by atoms with Gasteiger partial charge in [0.15, 0.2) is 0 Å². The summed E-state index contributed by atoms with van der Waals surface area (Å²) >= 11 is 1.34. The van der Waals surface area contributed by atoms with Gasteiger partial charge in [0.2, 0.25) is 0 Å². The monoisotopic (exact) mass is 311 g/mol. The summed E-state index contributed by atoms with van der Waals surface area (Å²) in [5.74, 6) is -0.717. The smallest absolute Gasteiger partial charge is 0.326 e. The van der Waals surface area contributed by atoms with Crippen molar-refractivity contribution in [2.45, 2.75) is 45.2 Å². The van der Waals surface area contributed by atoms with Gasteiger partial charge in [-0.2, -0.15) is 0 Å². The lowest BCUT2D eigenvalue weighted by Crippen LogP contribution is -2.42.